The molecule has 1 N–H and O–H groups in total. The van der Waals surface area contributed by atoms with Gasteiger partial charge < -0.3 is 5.32 Å². The third-order valence-electron chi connectivity index (χ3n) is 3.91. The highest BCUT2D eigenvalue weighted by Crippen LogP contribution is 2.27. The lowest BCUT2D eigenvalue weighted by atomic mass is 9.97. The van der Waals surface area contributed by atoms with Crippen LogP contribution >= 0.6 is 0 Å². The highest BCUT2D eigenvalue weighted by molar-refractivity contribution is 5.39. The molecule has 0 saturated carbocycles. The van der Waals surface area contributed by atoms with Gasteiger partial charge in [0, 0.05) is 18.3 Å². The standard InChI is InChI=1S/C15H20N4/c1-11-6-7-16-8-14(11)19-10-17-9-15(19)13-5-3-4-12(2)18-13/h6-10,12-13,18H,3-5H2,1-2H3. The van der Waals surface area contributed by atoms with Crippen molar-refractivity contribution in [2.75, 3.05) is 0 Å². The van der Waals surface area contributed by atoms with Crippen molar-refractivity contribution in [3.8, 4) is 5.69 Å². The highest BCUT2D eigenvalue weighted by atomic mass is 15.1. The minimum absolute atomic E-state index is 0.394. The topological polar surface area (TPSA) is 42.7 Å². The zero-order chi connectivity index (χ0) is 13.2. The van der Waals surface area contributed by atoms with Crippen molar-refractivity contribution in [1.29, 1.82) is 0 Å². The molecule has 3 rings (SSSR count). The molecule has 4 heteroatoms. The molecule has 0 spiro atoms. The summed E-state index contributed by atoms with van der Waals surface area (Å²) in [6.45, 7) is 4.36. The Hall–Kier alpha value is -1.68. The summed E-state index contributed by atoms with van der Waals surface area (Å²) in [7, 11) is 0. The molecule has 100 valence electrons. The lowest BCUT2D eigenvalue weighted by Gasteiger charge is -2.29. The van der Waals surface area contributed by atoms with E-state index in [1.54, 1.807) is 0 Å². The summed E-state index contributed by atoms with van der Waals surface area (Å²) in [4.78, 5) is 8.57. The average molecular weight is 256 g/mol. The van der Waals surface area contributed by atoms with E-state index in [9.17, 15) is 0 Å². The van der Waals surface area contributed by atoms with Crippen molar-refractivity contribution in [1.82, 2.24) is 19.9 Å². The van der Waals surface area contributed by atoms with E-state index in [-0.39, 0.29) is 0 Å². The Kier molecular flexibility index (Phi) is 3.34. The van der Waals surface area contributed by atoms with Crippen LogP contribution in [0.2, 0.25) is 0 Å². The number of piperidine rings is 1. The summed E-state index contributed by atoms with van der Waals surface area (Å²) < 4.78 is 2.16. The fraction of sp³-hybridized carbons (Fsp3) is 0.467. The van der Waals surface area contributed by atoms with Gasteiger partial charge in [-0.15, -0.1) is 0 Å². The van der Waals surface area contributed by atoms with Gasteiger partial charge in [0.05, 0.1) is 30.1 Å². The largest absolute Gasteiger partial charge is 0.306 e. The lowest BCUT2D eigenvalue weighted by Crippen LogP contribution is -2.35. The van der Waals surface area contributed by atoms with Crippen molar-refractivity contribution < 1.29 is 0 Å². The highest BCUT2D eigenvalue weighted by Gasteiger charge is 2.22. The van der Waals surface area contributed by atoms with Crippen molar-refractivity contribution in [2.24, 2.45) is 0 Å². The summed E-state index contributed by atoms with van der Waals surface area (Å²) in [5, 5.41) is 3.67. The van der Waals surface area contributed by atoms with E-state index < -0.39 is 0 Å². The Morgan fingerprint density at radius 2 is 2.16 bits per heavy atom. The Labute approximate surface area is 113 Å². The number of rotatable bonds is 2. The first-order valence-corrected chi connectivity index (χ1v) is 6.95. The van der Waals surface area contributed by atoms with Gasteiger partial charge in [0.1, 0.15) is 0 Å². The second-order valence-corrected chi connectivity index (χ2v) is 5.40. The second kappa shape index (κ2) is 5.13. The Morgan fingerprint density at radius 1 is 1.26 bits per heavy atom. The number of aromatic nitrogens is 3. The summed E-state index contributed by atoms with van der Waals surface area (Å²) >= 11 is 0. The molecule has 1 aliphatic heterocycles. The number of hydrogen-bond donors (Lipinski definition) is 1. The number of hydrogen-bond acceptors (Lipinski definition) is 3. The summed E-state index contributed by atoms with van der Waals surface area (Å²) in [6.07, 6.45) is 11.3. The average Bonchev–Trinajstić information content (AvgIpc) is 2.88. The van der Waals surface area contributed by atoms with Gasteiger partial charge in [0.25, 0.3) is 0 Å². The third-order valence-corrected chi connectivity index (χ3v) is 3.91. The molecule has 2 atom stereocenters. The maximum Gasteiger partial charge on any atom is 0.0995 e. The number of nitrogens with one attached hydrogen (secondary N) is 1. The van der Waals surface area contributed by atoms with Gasteiger partial charge in [0.15, 0.2) is 0 Å². The lowest BCUT2D eigenvalue weighted by molar-refractivity contribution is 0.334. The molecule has 2 aromatic rings. The minimum atomic E-state index is 0.394. The Balaban J connectivity index is 1.96. The molecule has 0 radical (unpaired) electrons. The van der Waals surface area contributed by atoms with Crippen molar-refractivity contribution in [3.05, 3.63) is 42.2 Å². The molecule has 0 aromatic carbocycles. The monoisotopic (exact) mass is 256 g/mol. The maximum absolute atomic E-state index is 4.34. The summed E-state index contributed by atoms with van der Waals surface area (Å²) in [6, 6.07) is 3.01. The molecule has 1 fully saturated rings. The Bertz CT molecular complexity index is 561. The first-order chi connectivity index (χ1) is 9.25. The molecular formula is C15H20N4. The van der Waals surface area contributed by atoms with Gasteiger partial charge in [-0.05, 0) is 44.7 Å². The smallest absolute Gasteiger partial charge is 0.0995 e. The van der Waals surface area contributed by atoms with E-state index in [0.29, 0.717) is 12.1 Å². The molecule has 3 heterocycles. The van der Waals surface area contributed by atoms with Crippen LogP contribution in [-0.2, 0) is 0 Å². The molecule has 0 amide bonds. The number of nitrogens with zero attached hydrogens (tertiary/aromatic N) is 3. The van der Waals surface area contributed by atoms with E-state index in [4.69, 9.17) is 0 Å². The quantitative estimate of drug-likeness (QED) is 0.898. The van der Waals surface area contributed by atoms with Gasteiger partial charge in [-0.1, -0.05) is 0 Å². The minimum Gasteiger partial charge on any atom is -0.306 e. The van der Waals surface area contributed by atoms with Gasteiger partial charge in [0.2, 0.25) is 0 Å². The van der Waals surface area contributed by atoms with Gasteiger partial charge in [-0.2, -0.15) is 0 Å². The molecule has 0 bridgehead atoms. The van der Waals surface area contributed by atoms with Gasteiger partial charge >= 0.3 is 0 Å². The Morgan fingerprint density at radius 3 is 2.95 bits per heavy atom. The van der Waals surface area contributed by atoms with Crippen LogP contribution in [0.5, 0.6) is 0 Å². The zero-order valence-corrected chi connectivity index (χ0v) is 11.5. The first kappa shape index (κ1) is 12.4. The fourth-order valence-electron chi connectivity index (χ4n) is 2.84. The summed E-state index contributed by atoms with van der Waals surface area (Å²) in [5.41, 5.74) is 3.58. The van der Waals surface area contributed by atoms with Crippen molar-refractivity contribution in [3.63, 3.8) is 0 Å². The molecule has 1 saturated heterocycles. The molecule has 1 aliphatic rings. The van der Waals surface area contributed by atoms with E-state index >= 15 is 0 Å². The van der Waals surface area contributed by atoms with Gasteiger partial charge in [-0.3, -0.25) is 9.55 Å². The first-order valence-electron chi connectivity index (χ1n) is 6.95. The predicted molar refractivity (Wildman–Crippen MR) is 75.3 cm³/mol. The molecule has 0 aliphatic carbocycles. The molecule has 2 unspecified atom stereocenters. The van der Waals surface area contributed by atoms with Crippen LogP contribution in [0.15, 0.2) is 31.0 Å². The van der Waals surface area contributed by atoms with Crippen LogP contribution in [0.3, 0.4) is 0 Å². The number of pyridine rings is 1. The van der Waals surface area contributed by atoms with Gasteiger partial charge in [-0.25, -0.2) is 4.98 Å². The molecule has 19 heavy (non-hydrogen) atoms. The zero-order valence-electron chi connectivity index (χ0n) is 11.5. The number of imidazole rings is 1. The molecule has 2 aromatic heterocycles. The van der Waals surface area contributed by atoms with Crippen LogP contribution in [0.25, 0.3) is 5.69 Å². The fourth-order valence-corrected chi connectivity index (χ4v) is 2.84. The summed E-state index contributed by atoms with van der Waals surface area (Å²) in [5.74, 6) is 0. The van der Waals surface area contributed by atoms with E-state index in [1.165, 1.54) is 30.5 Å². The molecule has 4 nitrogen and oxygen atoms in total. The maximum atomic E-state index is 4.34. The predicted octanol–water partition coefficient (Wildman–Crippen LogP) is 2.78. The number of aryl methyl sites for hydroxylation is 1. The van der Waals surface area contributed by atoms with Crippen molar-refractivity contribution >= 4 is 0 Å². The van der Waals surface area contributed by atoms with E-state index in [2.05, 4.69) is 33.7 Å². The molecular weight excluding hydrogens is 236 g/mol. The van der Waals surface area contributed by atoms with Crippen LogP contribution < -0.4 is 5.32 Å². The third kappa shape index (κ3) is 2.40. The van der Waals surface area contributed by atoms with Crippen LogP contribution in [-0.4, -0.2) is 20.6 Å². The normalized spacial score (nSPS) is 23.5. The van der Waals surface area contributed by atoms with Crippen molar-refractivity contribution in [2.45, 2.75) is 45.2 Å². The SMILES string of the molecule is Cc1ccncc1-n1cncc1C1CCCC(C)N1. The van der Waals surface area contributed by atoms with Crippen LogP contribution in [0.1, 0.15) is 43.5 Å². The van der Waals surface area contributed by atoms with E-state index in [0.717, 1.165) is 5.69 Å². The van der Waals surface area contributed by atoms with Crippen LogP contribution in [0.4, 0.5) is 0 Å². The second-order valence-electron chi connectivity index (χ2n) is 5.40. The van der Waals surface area contributed by atoms with Crippen LogP contribution in [0, 0.1) is 6.92 Å². The van der Waals surface area contributed by atoms with E-state index in [1.807, 2.05) is 31.0 Å².